The standard InChI is InChI=1S/C15H20N2S/c1-11-7-6-10-13-14(11)16-15(18)17(13)12-8-4-2-3-5-9-12/h6-7,10,12H,2-5,8-9H2,1H3,(H,16,18). The summed E-state index contributed by atoms with van der Waals surface area (Å²) in [5.74, 6) is 0. The van der Waals surface area contributed by atoms with Gasteiger partial charge in [0.15, 0.2) is 4.77 Å². The molecule has 96 valence electrons. The average Bonchev–Trinajstić information content (AvgIpc) is 2.54. The number of rotatable bonds is 1. The molecule has 0 saturated heterocycles. The molecular weight excluding hydrogens is 240 g/mol. The predicted octanol–water partition coefficient (Wildman–Crippen LogP) is 4.90. The number of benzene rings is 1. The van der Waals surface area contributed by atoms with Crippen molar-refractivity contribution in [2.45, 2.75) is 51.5 Å². The summed E-state index contributed by atoms with van der Waals surface area (Å²) in [4.78, 5) is 3.39. The number of hydrogen-bond donors (Lipinski definition) is 1. The first kappa shape index (κ1) is 12.0. The summed E-state index contributed by atoms with van der Waals surface area (Å²) in [5, 5.41) is 0. The summed E-state index contributed by atoms with van der Waals surface area (Å²) in [5.41, 5.74) is 3.78. The molecule has 1 aromatic carbocycles. The number of aromatic amines is 1. The molecule has 1 aliphatic carbocycles. The molecule has 1 aliphatic rings. The molecule has 1 saturated carbocycles. The molecule has 0 amide bonds. The van der Waals surface area contributed by atoms with Crippen LogP contribution in [0, 0.1) is 11.7 Å². The monoisotopic (exact) mass is 260 g/mol. The minimum Gasteiger partial charge on any atom is -0.330 e. The lowest BCUT2D eigenvalue weighted by Gasteiger charge is -2.17. The fraction of sp³-hybridized carbons (Fsp3) is 0.533. The van der Waals surface area contributed by atoms with E-state index in [1.165, 1.54) is 55.1 Å². The molecule has 1 heterocycles. The highest BCUT2D eigenvalue weighted by atomic mass is 32.1. The second-order valence-corrected chi connectivity index (χ2v) is 5.80. The number of nitrogens with zero attached hydrogens (tertiary/aromatic N) is 1. The quantitative estimate of drug-likeness (QED) is 0.571. The fourth-order valence-electron chi connectivity index (χ4n) is 3.17. The third-order valence-corrected chi connectivity index (χ3v) is 4.45. The first-order valence-corrected chi connectivity index (χ1v) is 7.38. The normalized spacial score (nSPS) is 18.1. The topological polar surface area (TPSA) is 20.7 Å². The van der Waals surface area contributed by atoms with E-state index in [9.17, 15) is 0 Å². The van der Waals surface area contributed by atoms with Crippen LogP contribution in [-0.2, 0) is 0 Å². The van der Waals surface area contributed by atoms with Gasteiger partial charge in [-0.3, -0.25) is 0 Å². The van der Waals surface area contributed by atoms with Crippen LogP contribution in [-0.4, -0.2) is 9.55 Å². The zero-order valence-corrected chi connectivity index (χ0v) is 11.7. The number of imidazole rings is 1. The molecule has 1 aromatic heterocycles. The van der Waals surface area contributed by atoms with Crippen molar-refractivity contribution in [1.29, 1.82) is 0 Å². The van der Waals surface area contributed by atoms with Gasteiger partial charge in [0.1, 0.15) is 0 Å². The number of aromatic nitrogens is 2. The number of fused-ring (bicyclic) bond motifs is 1. The molecule has 0 unspecified atom stereocenters. The molecule has 18 heavy (non-hydrogen) atoms. The number of nitrogens with one attached hydrogen (secondary N) is 1. The van der Waals surface area contributed by atoms with Gasteiger partial charge >= 0.3 is 0 Å². The summed E-state index contributed by atoms with van der Waals surface area (Å²) in [6, 6.07) is 7.06. The minimum absolute atomic E-state index is 0.593. The van der Waals surface area contributed by atoms with E-state index in [1.807, 2.05) is 0 Å². The Labute approximate surface area is 113 Å². The molecule has 0 radical (unpaired) electrons. The minimum atomic E-state index is 0.593. The van der Waals surface area contributed by atoms with Crippen LogP contribution < -0.4 is 0 Å². The summed E-state index contributed by atoms with van der Waals surface area (Å²) in [6.45, 7) is 2.14. The number of para-hydroxylation sites is 1. The Bertz CT molecular complexity index is 600. The average molecular weight is 260 g/mol. The zero-order chi connectivity index (χ0) is 12.5. The van der Waals surface area contributed by atoms with Crippen LogP contribution in [0.15, 0.2) is 18.2 Å². The SMILES string of the molecule is Cc1cccc2c1[nH]c(=S)n2C1CCCCCC1. The Balaban J connectivity index is 2.13. The molecule has 0 bridgehead atoms. The van der Waals surface area contributed by atoms with Crippen LogP contribution in [0.2, 0.25) is 0 Å². The first-order valence-electron chi connectivity index (χ1n) is 6.97. The smallest absolute Gasteiger partial charge is 0.178 e. The number of H-pyrrole nitrogens is 1. The van der Waals surface area contributed by atoms with Gasteiger partial charge in [-0.15, -0.1) is 0 Å². The van der Waals surface area contributed by atoms with E-state index in [1.54, 1.807) is 0 Å². The summed E-state index contributed by atoms with van der Waals surface area (Å²) < 4.78 is 3.26. The van der Waals surface area contributed by atoms with Crippen LogP contribution in [0.25, 0.3) is 11.0 Å². The highest BCUT2D eigenvalue weighted by molar-refractivity contribution is 7.71. The van der Waals surface area contributed by atoms with E-state index in [0.29, 0.717) is 6.04 Å². The third kappa shape index (κ3) is 2.01. The van der Waals surface area contributed by atoms with Crippen molar-refractivity contribution in [2.75, 3.05) is 0 Å². The van der Waals surface area contributed by atoms with Crippen molar-refractivity contribution in [2.24, 2.45) is 0 Å². The highest BCUT2D eigenvalue weighted by Crippen LogP contribution is 2.31. The van der Waals surface area contributed by atoms with Crippen molar-refractivity contribution in [3.8, 4) is 0 Å². The van der Waals surface area contributed by atoms with E-state index >= 15 is 0 Å². The van der Waals surface area contributed by atoms with E-state index < -0.39 is 0 Å². The van der Waals surface area contributed by atoms with Gasteiger partial charge in [0, 0.05) is 6.04 Å². The third-order valence-electron chi connectivity index (χ3n) is 4.15. The van der Waals surface area contributed by atoms with E-state index in [2.05, 4.69) is 34.7 Å². The molecule has 1 N–H and O–H groups in total. The van der Waals surface area contributed by atoms with Crippen LogP contribution in [0.1, 0.15) is 50.1 Å². The van der Waals surface area contributed by atoms with Crippen LogP contribution in [0.3, 0.4) is 0 Å². The van der Waals surface area contributed by atoms with Crippen molar-refractivity contribution in [3.63, 3.8) is 0 Å². The Morgan fingerprint density at radius 1 is 1.17 bits per heavy atom. The Hall–Kier alpha value is -1.09. The highest BCUT2D eigenvalue weighted by Gasteiger charge is 2.17. The second-order valence-electron chi connectivity index (χ2n) is 5.41. The molecule has 2 aromatic rings. The van der Waals surface area contributed by atoms with Gasteiger partial charge in [-0.25, -0.2) is 0 Å². The van der Waals surface area contributed by atoms with Crippen LogP contribution in [0.5, 0.6) is 0 Å². The maximum absolute atomic E-state index is 5.55. The van der Waals surface area contributed by atoms with Crippen molar-refractivity contribution in [3.05, 3.63) is 28.5 Å². The number of hydrogen-bond acceptors (Lipinski definition) is 1. The molecule has 2 nitrogen and oxygen atoms in total. The second kappa shape index (κ2) is 4.88. The van der Waals surface area contributed by atoms with E-state index in [0.717, 1.165) is 4.77 Å². The van der Waals surface area contributed by atoms with Crippen molar-refractivity contribution >= 4 is 23.3 Å². The van der Waals surface area contributed by atoms with Crippen molar-refractivity contribution < 1.29 is 0 Å². The predicted molar refractivity (Wildman–Crippen MR) is 78.6 cm³/mol. The van der Waals surface area contributed by atoms with Gasteiger partial charge in [-0.05, 0) is 43.6 Å². The van der Waals surface area contributed by atoms with Gasteiger partial charge in [-0.1, -0.05) is 37.8 Å². The summed E-state index contributed by atoms with van der Waals surface area (Å²) in [7, 11) is 0. The molecule has 0 spiro atoms. The maximum atomic E-state index is 5.55. The first-order chi connectivity index (χ1) is 8.77. The maximum Gasteiger partial charge on any atom is 0.178 e. The van der Waals surface area contributed by atoms with Gasteiger partial charge in [0.2, 0.25) is 0 Å². The van der Waals surface area contributed by atoms with Crippen molar-refractivity contribution in [1.82, 2.24) is 9.55 Å². The summed E-state index contributed by atoms with van der Waals surface area (Å²) >= 11 is 5.55. The zero-order valence-electron chi connectivity index (χ0n) is 10.9. The van der Waals surface area contributed by atoms with E-state index in [-0.39, 0.29) is 0 Å². The Morgan fingerprint density at radius 2 is 1.89 bits per heavy atom. The van der Waals surface area contributed by atoms with Gasteiger partial charge < -0.3 is 9.55 Å². The van der Waals surface area contributed by atoms with Gasteiger partial charge in [0.25, 0.3) is 0 Å². The lowest BCUT2D eigenvalue weighted by atomic mass is 10.1. The molecule has 3 rings (SSSR count). The van der Waals surface area contributed by atoms with Crippen LogP contribution >= 0.6 is 12.2 Å². The molecule has 0 aliphatic heterocycles. The molecule has 0 atom stereocenters. The lowest BCUT2D eigenvalue weighted by Crippen LogP contribution is -2.08. The Kier molecular flexibility index (Phi) is 3.25. The Morgan fingerprint density at radius 3 is 2.61 bits per heavy atom. The molecule has 3 heteroatoms. The fourth-order valence-corrected chi connectivity index (χ4v) is 3.52. The summed E-state index contributed by atoms with van der Waals surface area (Å²) in [6.07, 6.45) is 7.98. The lowest BCUT2D eigenvalue weighted by molar-refractivity contribution is 0.450. The van der Waals surface area contributed by atoms with Gasteiger partial charge in [0.05, 0.1) is 11.0 Å². The van der Waals surface area contributed by atoms with Crippen LogP contribution in [0.4, 0.5) is 0 Å². The molecular formula is C15H20N2S. The molecule has 1 fully saturated rings. The van der Waals surface area contributed by atoms with Gasteiger partial charge in [-0.2, -0.15) is 0 Å². The van der Waals surface area contributed by atoms with E-state index in [4.69, 9.17) is 12.2 Å². The largest absolute Gasteiger partial charge is 0.330 e. The number of aryl methyl sites for hydroxylation is 1.